The zero-order chi connectivity index (χ0) is 13.8. The van der Waals surface area contributed by atoms with E-state index in [-0.39, 0.29) is 0 Å². The summed E-state index contributed by atoms with van der Waals surface area (Å²) in [6.07, 6.45) is -0.533. The van der Waals surface area contributed by atoms with Crippen LogP contribution in [0.2, 0.25) is 0 Å². The van der Waals surface area contributed by atoms with Crippen LogP contribution in [0.25, 0.3) is 0 Å². The molecule has 100 valence electrons. The Morgan fingerprint density at radius 2 is 1.95 bits per heavy atom. The van der Waals surface area contributed by atoms with Gasteiger partial charge in [0.05, 0.1) is 6.10 Å². The Kier molecular flexibility index (Phi) is 4.61. The minimum absolute atomic E-state index is 0.477. The zero-order valence-electron chi connectivity index (χ0n) is 11.1. The lowest BCUT2D eigenvalue weighted by atomic mass is 10.1. The monoisotopic (exact) mass is 320 g/mol. The van der Waals surface area contributed by atoms with Crippen LogP contribution in [0.4, 0.5) is 0 Å². The third kappa shape index (κ3) is 3.58. The van der Waals surface area contributed by atoms with Gasteiger partial charge in [0, 0.05) is 15.6 Å². The van der Waals surface area contributed by atoms with E-state index in [2.05, 4.69) is 15.9 Å². The first kappa shape index (κ1) is 14.1. The maximum Gasteiger partial charge on any atom is 0.125 e. The van der Waals surface area contributed by atoms with E-state index in [9.17, 15) is 5.11 Å². The Balaban J connectivity index is 2.19. The van der Waals surface area contributed by atoms with E-state index in [1.807, 2.05) is 49.4 Å². The minimum atomic E-state index is -0.533. The second-order valence-electron chi connectivity index (χ2n) is 4.60. The fourth-order valence-electron chi connectivity index (χ4n) is 1.88. The van der Waals surface area contributed by atoms with Crippen molar-refractivity contribution in [3.8, 4) is 5.75 Å². The van der Waals surface area contributed by atoms with E-state index < -0.39 is 6.10 Å². The van der Waals surface area contributed by atoms with Crippen LogP contribution in [-0.2, 0) is 6.61 Å². The number of hydrogen-bond donors (Lipinski definition) is 1. The van der Waals surface area contributed by atoms with E-state index >= 15 is 0 Å². The van der Waals surface area contributed by atoms with Gasteiger partial charge in [-0.2, -0.15) is 0 Å². The third-order valence-corrected chi connectivity index (χ3v) is 3.73. The zero-order valence-corrected chi connectivity index (χ0v) is 12.6. The van der Waals surface area contributed by atoms with Crippen molar-refractivity contribution in [1.82, 2.24) is 0 Å². The maximum atomic E-state index is 9.76. The highest BCUT2D eigenvalue weighted by molar-refractivity contribution is 9.10. The molecule has 19 heavy (non-hydrogen) atoms. The van der Waals surface area contributed by atoms with E-state index in [4.69, 9.17) is 4.74 Å². The highest BCUT2D eigenvalue weighted by Gasteiger charge is 2.10. The quantitative estimate of drug-likeness (QED) is 0.905. The Labute approximate surface area is 122 Å². The second kappa shape index (κ2) is 6.22. The average Bonchev–Trinajstić information content (AvgIpc) is 2.37. The highest BCUT2D eigenvalue weighted by atomic mass is 79.9. The fraction of sp³-hybridized carbons (Fsp3) is 0.250. The average molecular weight is 321 g/mol. The first-order chi connectivity index (χ1) is 9.08. The summed E-state index contributed by atoms with van der Waals surface area (Å²) in [4.78, 5) is 0. The van der Waals surface area contributed by atoms with E-state index in [0.717, 1.165) is 26.9 Å². The van der Waals surface area contributed by atoms with Gasteiger partial charge in [0.1, 0.15) is 12.4 Å². The van der Waals surface area contributed by atoms with Gasteiger partial charge in [-0.3, -0.25) is 0 Å². The Hall–Kier alpha value is -1.32. The van der Waals surface area contributed by atoms with Crippen LogP contribution >= 0.6 is 15.9 Å². The first-order valence-corrected chi connectivity index (χ1v) is 7.02. The molecule has 0 unspecified atom stereocenters. The summed E-state index contributed by atoms with van der Waals surface area (Å²) in [5.74, 6) is 0.741. The van der Waals surface area contributed by atoms with Crippen molar-refractivity contribution < 1.29 is 9.84 Å². The largest absolute Gasteiger partial charge is 0.488 e. The van der Waals surface area contributed by atoms with Crippen molar-refractivity contribution in [3.05, 3.63) is 63.6 Å². The molecule has 3 heteroatoms. The fourth-order valence-corrected chi connectivity index (χ4v) is 2.28. The number of halogens is 1. The number of rotatable bonds is 4. The lowest BCUT2D eigenvalue weighted by Gasteiger charge is -2.14. The number of hydrogen-bond acceptors (Lipinski definition) is 2. The van der Waals surface area contributed by atoms with Crippen LogP contribution in [0.15, 0.2) is 46.9 Å². The molecule has 0 saturated carbocycles. The van der Waals surface area contributed by atoms with Gasteiger partial charge in [0.15, 0.2) is 0 Å². The maximum absolute atomic E-state index is 9.76. The van der Waals surface area contributed by atoms with E-state index in [0.29, 0.717) is 6.61 Å². The Bertz CT molecular complexity index is 564. The summed E-state index contributed by atoms with van der Waals surface area (Å²) in [7, 11) is 0. The SMILES string of the molecule is Cc1ccc([C@H](C)O)c(OCc2ccccc2Br)c1. The summed E-state index contributed by atoms with van der Waals surface area (Å²) >= 11 is 3.50. The lowest BCUT2D eigenvalue weighted by molar-refractivity contribution is 0.190. The topological polar surface area (TPSA) is 29.5 Å². The Morgan fingerprint density at radius 3 is 2.63 bits per heavy atom. The molecule has 0 aromatic heterocycles. The van der Waals surface area contributed by atoms with Crippen molar-refractivity contribution in [2.45, 2.75) is 26.6 Å². The molecule has 0 aliphatic carbocycles. The van der Waals surface area contributed by atoms with Crippen molar-refractivity contribution >= 4 is 15.9 Å². The molecule has 0 aliphatic heterocycles. The van der Waals surface area contributed by atoms with Crippen molar-refractivity contribution in [2.75, 3.05) is 0 Å². The van der Waals surface area contributed by atoms with Crippen LogP contribution < -0.4 is 4.74 Å². The number of ether oxygens (including phenoxy) is 1. The molecule has 1 atom stereocenters. The van der Waals surface area contributed by atoms with E-state index in [1.54, 1.807) is 6.92 Å². The van der Waals surface area contributed by atoms with Gasteiger partial charge in [-0.25, -0.2) is 0 Å². The van der Waals surface area contributed by atoms with Gasteiger partial charge in [-0.05, 0) is 31.5 Å². The summed E-state index contributed by atoms with van der Waals surface area (Å²) in [6, 6.07) is 13.8. The third-order valence-electron chi connectivity index (χ3n) is 2.96. The van der Waals surface area contributed by atoms with Gasteiger partial charge >= 0.3 is 0 Å². The molecule has 0 fully saturated rings. The molecular formula is C16H17BrO2. The van der Waals surface area contributed by atoms with Crippen LogP contribution in [0.1, 0.15) is 29.7 Å². The molecule has 1 N–H and O–H groups in total. The molecule has 2 nitrogen and oxygen atoms in total. The van der Waals surface area contributed by atoms with Gasteiger partial charge in [0.2, 0.25) is 0 Å². The van der Waals surface area contributed by atoms with Gasteiger partial charge in [-0.1, -0.05) is 46.3 Å². The molecule has 0 bridgehead atoms. The van der Waals surface area contributed by atoms with Gasteiger partial charge in [-0.15, -0.1) is 0 Å². The van der Waals surface area contributed by atoms with Crippen LogP contribution in [-0.4, -0.2) is 5.11 Å². The molecule has 0 amide bonds. The number of aliphatic hydroxyl groups is 1. The predicted octanol–water partition coefficient (Wildman–Crippen LogP) is 4.39. The molecule has 2 rings (SSSR count). The van der Waals surface area contributed by atoms with Gasteiger partial charge in [0.25, 0.3) is 0 Å². The molecule has 0 aliphatic rings. The van der Waals surface area contributed by atoms with Crippen LogP contribution in [0.5, 0.6) is 5.75 Å². The lowest BCUT2D eigenvalue weighted by Crippen LogP contribution is -2.02. The molecule has 0 heterocycles. The summed E-state index contributed by atoms with van der Waals surface area (Å²) in [5, 5.41) is 9.76. The van der Waals surface area contributed by atoms with Crippen LogP contribution in [0.3, 0.4) is 0 Å². The van der Waals surface area contributed by atoms with E-state index in [1.165, 1.54) is 0 Å². The first-order valence-electron chi connectivity index (χ1n) is 6.22. The summed E-state index contributed by atoms with van der Waals surface area (Å²) in [5.41, 5.74) is 3.02. The highest BCUT2D eigenvalue weighted by Crippen LogP contribution is 2.27. The number of benzene rings is 2. The normalized spacial score (nSPS) is 12.2. The van der Waals surface area contributed by atoms with Gasteiger partial charge < -0.3 is 9.84 Å². The number of aryl methyl sites for hydroxylation is 1. The number of aliphatic hydroxyl groups excluding tert-OH is 1. The molecule has 2 aromatic carbocycles. The second-order valence-corrected chi connectivity index (χ2v) is 5.45. The van der Waals surface area contributed by atoms with Crippen LogP contribution in [0, 0.1) is 6.92 Å². The molecule has 2 aromatic rings. The molecule has 0 radical (unpaired) electrons. The van der Waals surface area contributed by atoms with Crippen molar-refractivity contribution in [3.63, 3.8) is 0 Å². The summed E-state index contributed by atoms with van der Waals surface area (Å²) in [6.45, 7) is 4.23. The van der Waals surface area contributed by atoms with Crippen molar-refractivity contribution in [1.29, 1.82) is 0 Å². The predicted molar refractivity (Wildman–Crippen MR) is 80.3 cm³/mol. The Morgan fingerprint density at radius 1 is 1.21 bits per heavy atom. The molecule has 0 spiro atoms. The van der Waals surface area contributed by atoms with Crippen molar-refractivity contribution in [2.24, 2.45) is 0 Å². The summed E-state index contributed by atoms with van der Waals surface area (Å²) < 4.78 is 6.89. The molecular weight excluding hydrogens is 304 g/mol. The molecule has 0 saturated heterocycles. The standard InChI is InChI=1S/C16H17BrO2/c1-11-7-8-14(12(2)18)16(9-11)19-10-13-5-3-4-6-15(13)17/h3-9,12,18H,10H2,1-2H3/t12-/m0/s1. The minimum Gasteiger partial charge on any atom is -0.488 e. The smallest absolute Gasteiger partial charge is 0.125 e.